The van der Waals surface area contributed by atoms with Crippen molar-refractivity contribution in [3.63, 3.8) is 0 Å². The van der Waals surface area contributed by atoms with Gasteiger partial charge >= 0.3 is 11.9 Å². The Bertz CT molecular complexity index is 561. The van der Waals surface area contributed by atoms with Crippen molar-refractivity contribution in [1.29, 1.82) is 0 Å². The minimum Gasteiger partial charge on any atom is -0.481 e. The Labute approximate surface area is 125 Å². The Morgan fingerprint density at radius 2 is 2.00 bits per heavy atom. The van der Waals surface area contributed by atoms with Gasteiger partial charge < -0.3 is 15.5 Å². The molecule has 1 atom stereocenters. The molecule has 114 valence electrons. The van der Waals surface area contributed by atoms with Gasteiger partial charge in [0.25, 0.3) is 5.91 Å². The molecule has 0 saturated heterocycles. The number of nitrogens with one attached hydrogen (secondary N) is 1. The smallest absolute Gasteiger partial charge is 0.326 e. The second-order valence-electron chi connectivity index (χ2n) is 4.38. The highest BCUT2D eigenvalue weighted by Crippen LogP contribution is 2.13. The number of carbonyl (C=O) groups is 3. The van der Waals surface area contributed by atoms with Gasteiger partial charge in [0.15, 0.2) is 0 Å². The van der Waals surface area contributed by atoms with Crippen molar-refractivity contribution < 1.29 is 24.6 Å². The number of rotatable bonds is 7. The average Bonchev–Trinajstić information content (AvgIpc) is 2.36. The standard InChI is InChI=1S/C13H15ClN2O5/c1-2-3-8-4-7(5-10(14)15-8)12(19)16-9(13(20)21)6-11(17)18/h4-5,9H,2-3,6H2,1H3,(H,16,19)(H,17,18)(H,20,21)/t9-/m1/s1. The lowest BCUT2D eigenvalue weighted by Gasteiger charge is -2.13. The number of carboxylic acids is 2. The normalized spacial score (nSPS) is 11.7. The van der Waals surface area contributed by atoms with Crippen LogP contribution >= 0.6 is 11.6 Å². The summed E-state index contributed by atoms with van der Waals surface area (Å²) in [6.45, 7) is 1.94. The van der Waals surface area contributed by atoms with Crippen LogP contribution in [0.5, 0.6) is 0 Å². The van der Waals surface area contributed by atoms with E-state index in [4.69, 9.17) is 21.8 Å². The fourth-order valence-electron chi connectivity index (χ4n) is 1.68. The molecule has 0 bridgehead atoms. The summed E-state index contributed by atoms with van der Waals surface area (Å²) in [5.74, 6) is -3.44. The van der Waals surface area contributed by atoms with E-state index in [-0.39, 0.29) is 10.7 Å². The topological polar surface area (TPSA) is 117 Å². The number of carboxylic acid groups (broad SMARTS) is 2. The van der Waals surface area contributed by atoms with Crippen molar-refractivity contribution in [1.82, 2.24) is 10.3 Å². The van der Waals surface area contributed by atoms with Crippen LogP contribution in [0.2, 0.25) is 5.15 Å². The van der Waals surface area contributed by atoms with Gasteiger partial charge in [0.1, 0.15) is 11.2 Å². The molecule has 1 aromatic heterocycles. The van der Waals surface area contributed by atoms with E-state index >= 15 is 0 Å². The van der Waals surface area contributed by atoms with Gasteiger partial charge in [0, 0.05) is 11.3 Å². The van der Waals surface area contributed by atoms with Crippen LogP contribution in [0.15, 0.2) is 12.1 Å². The van der Waals surface area contributed by atoms with Crippen LogP contribution in [0.1, 0.15) is 35.8 Å². The molecule has 7 nitrogen and oxygen atoms in total. The maximum absolute atomic E-state index is 12.0. The molecule has 0 fully saturated rings. The molecule has 8 heteroatoms. The van der Waals surface area contributed by atoms with E-state index in [0.29, 0.717) is 12.1 Å². The summed E-state index contributed by atoms with van der Waals surface area (Å²) in [7, 11) is 0. The molecule has 0 radical (unpaired) electrons. The third-order valence-electron chi connectivity index (χ3n) is 2.60. The molecule has 1 rings (SSSR count). The summed E-state index contributed by atoms with van der Waals surface area (Å²) in [6.07, 6.45) is 0.727. The highest BCUT2D eigenvalue weighted by Gasteiger charge is 2.23. The first-order valence-corrected chi connectivity index (χ1v) is 6.63. The van der Waals surface area contributed by atoms with Crippen LogP contribution in [0.25, 0.3) is 0 Å². The highest BCUT2D eigenvalue weighted by atomic mass is 35.5. The molecular formula is C13H15ClN2O5. The van der Waals surface area contributed by atoms with E-state index in [2.05, 4.69) is 10.3 Å². The molecule has 0 saturated carbocycles. The zero-order valence-corrected chi connectivity index (χ0v) is 12.1. The van der Waals surface area contributed by atoms with E-state index < -0.39 is 30.3 Å². The quantitative estimate of drug-likeness (QED) is 0.654. The van der Waals surface area contributed by atoms with Crippen molar-refractivity contribution in [3.05, 3.63) is 28.5 Å². The largest absolute Gasteiger partial charge is 0.481 e. The van der Waals surface area contributed by atoms with Gasteiger partial charge in [-0.2, -0.15) is 0 Å². The molecule has 0 aliphatic carbocycles. The molecule has 0 aliphatic heterocycles. The number of aliphatic carboxylic acids is 2. The number of amides is 1. The minimum absolute atomic E-state index is 0.121. The highest BCUT2D eigenvalue weighted by molar-refractivity contribution is 6.29. The van der Waals surface area contributed by atoms with Gasteiger partial charge in [-0.1, -0.05) is 24.9 Å². The van der Waals surface area contributed by atoms with E-state index in [0.717, 1.165) is 6.42 Å². The molecule has 0 aliphatic rings. The Hall–Kier alpha value is -2.15. The summed E-state index contributed by atoms with van der Waals surface area (Å²) in [5.41, 5.74) is 0.760. The predicted octanol–water partition coefficient (Wildman–Crippen LogP) is 1.35. The molecule has 1 aromatic rings. The lowest BCUT2D eigenvalue weighted by Crippen LogP contribution is -2.42. The zero-order chi connectivity index (χ0) is 16.0. The van der Waals surface area contributed by atoms with Gasteiger partial charge in [-0.05, 0) is 18.6 Å². The van der Waals surface area contributed by atoms with Crippen LogP contribution in [-0.4, -0.2) is 39.1 Å². The third kappa shape index (κ3) is 5.39. The van der Waals surface area contributed by atoms with Crippen molar-refractivity contribution in [2.45, 2.75) is 32.2 Å². The van der Waals surface area contributed by atoms with Crippen LogP contribution in [-0.2, 0) is 16.0 Å². The van der Waals surface area contributed by atoms with Crippen molar-refractivity contribution in [3.8, 4) is 0 Å². The fraction of sp³-hybridized carbons (Fsp3) is 0.385. The molecule has 1 heterocycles. The van der Waals surface area contributed by atoms with Crippen molar-refractivity contribution >= 4 is 29.4 Å². The maximum atomic E-state index is 12.0. The Morgan fingerprint density at radius 3 is 2.52 bits per heavy atom. The second kappa shape index (κ2) is 7.58. The van der Waals surface area contributed by atoms with E-state index in [1.807, 2.05) is 6.92 Å². The number of halogens is 1. The van der Waals surface area contributed by atoms with E-state index in [1.165, 1.54) is 12.1 Å². The number of nitrogens with zero attached hydrogens (tertiary/aromatic N) is 1. The predicted molar refractivity (Wildman–Crippen MR) is 74.4 cm³/mol. The van der Waals surface area contributed by atoms with Gasteiger partial charge in [-0.15, -0.1) is 0 Å². The lowest BCUT2D eigenvalue weighted by molar-refractivity contribution is -0.145. The molecule has 0 aromatic carbocycles. The van der Waals surface area contributed by atoms with Crippen molar-refractivity contribution in [2.75, 3.05) is 0 Å². The fourth-order valence-corrected chi connectivity index (χ4v) is 1.91. The van der Waals surface area contributed by atoms with Gasteiger partial charge in [-0.3, -0.25) is 9.59 Å². The lowest BCUT2D eigenvalue weighted by atomic mass is 10.1. The first-order valence-electron chi connectivity index (χ1n) is 6.25. The molecule has 0 spiro atoms. The number of hydrogen-bond donors (Lipinski definition) is 3. The number of aromatic nitrogens is 1. The third-order valence-corrected chi connectivity index (χ3v) is 2.79. The Balaban J connectivity index is 2.91. The zero-order valence-electron chi connectivity index (χ0n) is 11.3. The summed E-state index contributed by atoms with van der Waals surface area (Å²) in [6, 6.07) is 1.30. The van der Waals surface area contributed by atoms with E-state index in [1.54, 1.807) is 0 Å². The van der Waals surface area contributed by atoms with Crippen LogP contribution in [0, 0.1) is 0 Å². The molecular weight excluding hydrogens is 300 g/mol. The number of aryl methyl sites for hydroxylation is 1. The molecule has 0 unspecified atom stereocenters. The molecule has 3 N–H and O–H groups in total. The van der Waals surface area contributed by atoms with Crippen LogP contribution in [0.3, 0.4) is 0 Å². The first kappa shape index (κ1) is 16.9. The maximum Gasteiger partial charge on any atom is 0.326 e. The SMILES string of the molecule is CCCc1cc(C(=O)N[C@H](CC(=O)O)C(=O)O)cc(Cl)n1. The van der Waals surface area contributed by atoms with Crippen LogP contribution < -0.4 is 5.32 Å². The molecule has 21 heavy (non-hydrogen) atoms. The summed E-state index contributed by atoms with van der Waals surface area (Å²) in [5, 5.41) is 19.8. The first-order chi connectivity index (χ1) is 9.83. The van der Waals surface area contributed by atoms with Gasteiger partial charge in [0.2, 0.25) is 0 Å². The molecule has 1 amide bonds. The monoisotopic (exact) mass is 314 g/mol. The summed E-state index contributed by atoms with van der Waals surface area (Å²) < 4.78 is 0. The van der Waals surface area contributed by atoms with E-state index in [9.17, 15) is 14.4 Å². The average molecular weight is 315 g/mol. The minimum atomic E-state index is -1.50. The van der Waals surface area contributed by atoms with Crippen molar-refractivity contribution in [2.24, 2.45) is 0 Å². The second-order valence-corrected chi connectivity index (χ2v) is 4.77. The number of carbonyl (C=O) groups excluding carboxylic acids is 1. The van der Waals surface area contributed by atoms with Gasteiger partial charge in [0.05, 0.1) is 6.42 Å². The Kier molecular flexibility index (Phi) is 6.10. The number of hydrogen-bond acceptors (Lipinski definition) is 4. The number of pyridine rings is 1. The summed E-state index contributed by atoms with van der Waals surface area (Å²) in [4.78, 5) is 37.5. The van der Waals surface area contributed by atoms with Crippen LogP contribution in [0.4, 0.5) is 0 Å². The summed E-state index contributed by atoms with van der Waals surface area (Å²) >= 11 is 5.81. The Morgan fingerprint density at radius 1 is 1.33 bits per heavy atom. The van der Waals surface area contributed by atoms with Gasteiger partial charge in [-0.25, -0.2) is 9.78 Å².